The molecule has 1 amide bonds. The molecule has 3 saturated heterocycles. The molecule has 196 valence electrons. The zero-order valence-corrected chi connectivity index (χ0v) is 23.0. The molecule has 0 radical (unpaired) electrons. The Morgan fingerprint density at radius 3 is 2.64 bits per heavy atom. The smallest absolute Gasteiger partial charge is 0.259 e. The molecule has 0 aliphatic carbocycles. The molecule has 8 unspecified atom stereocenters. The second-order valence-corrected chi connectivity index (χ2v) is 11.0. The number of epoxide rings is 1. The van der Waals surface area contributed by atoms with Gasteiger partial charge in [0.05, 0.1) is 25.4 Å². The predicted octanol–water partition coefficient (Wildman–Crippen LogP) is 2.06. The molecule has 3 fully saturated rings. The van der Waals surface area contributed by atoms with Crippen molar-refractivity contribution in [3.8, 4) is 0 Å². The van der Waals surface area contributed by atoms with Crippen LogP contribution in [0.15, 0.2) is 47.3 Å². The third-order valence-corrected chi connectivity index (χ3v) is 8.60. The minimum absolute atomic E-state index is 0.0150. The van der Waals surface area contributed by atoms with Crippen molar-refractivity contribution < 1.29 is 33.7 Å². The summed E-state index contributed by atoms with van der Waals surface area (Å²) in [5, 5.41) is 13.0. The fourth-order valence-electron chi connectivity index (χ4n) is 5.17. The normalized spacial score (nSPS) is 38.9. The first kappa shape index (κ1) is 27.2. The van der Waals surface area contributed by atoms with E-state index >= 15 is 0 Å². The minimum Gasteiger partial charge on any atom is -0.507 e. The van der Waals surface area contributed by atoms with Crippen molar-refractivity contribution in [2.75, 3.05) is 17.6 Å². The molecule has 36 heavy (non-hydrogen) atoms. The first-order valence-corrected chi connectivity index (χ1v) is 13.6. The van der Waals surface area contributed by atoms with Crippen LogP contribution in [0.25, 0.3) is 0 Å². The molecule has 4 N–H and O–H groups in total. The maximum absolute atomic E-state index is 12.7. The largest absolute Gasteiger partial charge is 0.507 e. The second kappa shape index (κ2) is 10.1. The molecule has 4 aliphatic heterocycles. The zero-order valence-electron chi connectivity index (χ0n) is 20.8. The fraction of sp³-hybridized carbons (Fsp3) is 0.577. The molecule has 4 rings (SSSR count). The molecular formula is C26H33IN2O7. The number of ketones is 2. The van der Waals surface area contributed by atoms with Gasteiger partial charge in [0, 0.05) is 22.2 Å². The molecule has 8 atom stereocenters. The van der Waals surface area contributed by atoms with Gasteiger partial charge in [0.2, 0.25) is 5.79 Å². The van der Waals surface area contributed by atoms with E-state index in [4.69, 9.17) is 19.9 Å². The van der Waals surface area contributed by atoms with Crippen molar-refractivity contribution >= 4 is 40.1 Å². The van der Waals surface area contributed by atoms with Crippen molar-refractivity contribution in [1.82, 2.24) is 5.32 Å². The number of amides is 1. The molecule has 4 aliphatic rings. The third-order valence-electron chi connectivity index (χ3n) is 7.58. The van der Waals surface area contributed by atoms with Crippen molar-refractivity contribution in [2.24, 2.45) is 23.5 Å². The number of alkyl halides is 1. The van der Waals surface area contributed by atoms with Crippen molar-refractivity contribution in [1.29, 1.82) is 0 Å². The van der Waals surface area contributed by atoms with E-state index < -0.39 is 40.8 Å². The van der Waals surface area contributed by atoms with Gasteiger partial charge in [-0.1, -0.05) is 60.2 Å². The average molecular weight is 612 g/mol. The van der Waals surface area contributed by atoms with Crippen LogP contribution in [0.3, 0.4) is 0 Å². The summed E-state index contributed by atoms with van der Waals surface area (Å²) in [5.74, 6) is -3.56. The van der Waals surface area contributed by atoms with E-state index in [9.17, 15) is 19.5 Å². The van der Waals surface area contributed by atoms with Gasteiger partial charge in [-0.2, -0.15) is 0 Å². The molecule has 4 heterocycles. The highest BCUT2D eigenvalue weighted by Gasteiger charge is 2.66. The number of nitrogens with two attached hydrogens (primary N) is 1. The molecular weight excluding hydrogens is 579 g/mol. The van der Waals surface area contributed by atoms with Gasteiger partial charge in [0.25, 0.3) is 5.91 Å². The summed E-state index contributed by atoms with van der Waals surface area (Å²) in [6, 6.07) is -1.03. The van der Waals surface area contributed by atoms with Gasteiger partial charge >= 0.3 is 0 Å². The Bertz CT molecular complexity index is 1080. The number of fused-ring (bicyclic) bond motifs is 3. The lowest BCUT2D eigenvalue weighted by Gasteiger charge is -2.51. The van der Waals surface area contributed by atoms with E-state index in [2.05, 4.69) is 47.0 Å². The van der Waals surface area contributed by atoms with Crippen molar-refractivity contribution in [3.05, 3.63) is 47.3 Å². The van der Waals surface area contributed by atoms with Gasteiger partial charge < -0.3 is 30.4 Å². The zero-order chi connectivity index (χ0) is 26.4. The summed E-state index contributed by atoms with van der Waals surface area (Å²) in [4.78, 5) is 36.9. The van der Waals surface area contributed by atoms with Crippen LogP contribution in [0, 0.1) is 17.8 Å². The van der Waals surface area contributed by atoms with E-state index in [1.165, 1.54) is 13.0 Å². The number of nitrogens with one attached hydrogen (secondary N) is 1. The topological polar surface area (TPSA) is 140 Å². The summed E-state index contributed by atoms with van der Waals surface area (Å²) in [6.45, 7) is 7.75. The number of rotatable bonds is 8. The van der Waals surface area contributed by atoms with Gasteiger partial charge in [-0.25, -0.2) is 0 Å². The Kier molecular flexibility index (Phi) is 7.65. The highest BCUT2D eigenvalue weighted by atomic mass is 127. The van der Waals surface area contributed by atoms with Crippen molar-refractivity contribution in [3.63, 3.8) is 0 Å². The maximum atomic E-state index is 12.7. The number of hydrogen-bond acceptors (Lipinski definition) is 8. The lowest BCUT2D eigenvalue weighted by molar-refractivity contribution is -0.345. The molecule has 0 aromatic rings. The van der Waals surface area contributed by atoms with Crippen LogP contribution >= 0.6 is 22.6 Å². The molecule has 1 spiro atoms. The quantitative estimate of drug-likeness (QED) is 0.0554. The Labute approximate surface area is 224 Å². The van der Waals surface area contributed by atoms with Crippen LogP contribution < -0.4 is 11.1 Å². The van der Waals surface area contributed by atoms with E-state index in [0.29, 0.717) is 6.61 Å². The number of hydrogen-bond donors (Lipinski definition) is 3. The van der Waals surface area contributed by atoms with Gasteiger partial charge in [-0.05, 0) is 26.0 Å². The second-order valence-electron chi connectivity index (χ2n) is 10.1. The number of carbonyl (C=O) groups excluding carboxylic acids is 3. The summed E-state index contributed by atoms with van der Waals surface area (Å²) >= 11 is 2.35. The number of allylic oxidation sites excluding steroid dienone is 3. The summed E-state index contributed by atoms with van der Waals surface area (Å²) in [5.41, 5.74) is 5.33. The Balaban J connectivity index is 1.49. The van der Waals surface area contributed by atoms with Crippen LogP contribution in [-0.4, -0.2) is 69.8 Å². The minimum atomic E-state index is -1.03. The molecule has 0 aromatic heterocycles. The van der Waals surface area contributed by atoms with Crippen LogP contribution in [0.1, 0.15) is 27.7 Å². The highest BCUT2D eigenvalue weighted by molar-refractivity contribution is 14.1. The number of aliphatic hydroxyl groups excluding tert-OH is 1. The summed E-state index contributed by atoms with van der Waals surface area (Å²) in [7, 11) is 0. The number of ether oxygens (including phenoxy) is 3. The molecule has 0 aromatic carbocycles. The van der Waals surface area contributed by atoms with E-state index in [1.54, 1.807) is 6.08 Å². The van der Waals surface area contributed by atoms with Gasteiger partial charge in [0.15, 0.2) is 17.2 Å². The number of halogens is 1. The van der Waals surface area contributed by atoms with E-state index in [0.717, 1.165) is 10.0 Å². The van der Waals surface area contributed by atoms with Gasteiger partial charge in [-0.15, -0.1) is 0 Å². The standard InChI is InChI=1S/C26H33IN2O7/c1-13(5-6-17(30)20-22(32)21(29-24(20)33)15(3)18(31)11-28)9-14(2)23-16(10-27)19-7-8-26(12-34-26)25(4,35-19)36-23/h5-9,14-16,19,21,23,30H,10-12,28H2,1-4H3,(H,29,33)/b6-5+,13-9+,20-17?. The lowest BCUT2D eigenvalue weighted by atomic mass is 9.82. The first-order chi connectivity index (χ1) is 17.0. The van der Waals surface area contributed by atoms with Gasteiger partial charge in [-0.3, -0.25) is 14.4 Å². The third kappa shape index (κ3) is 4.73. The molecule has 9 nitrogen and oxygen atoms in total. The number of Topliss-reactive ketones (excluding diaryl/α,β-unsaturated/α-hetero) is 2. The highest BCUT2D eigenvalue weighted by Crippen LogP contribution is 2.52. The maximum Gasteiger partial charge on any atom is 0.259 e. The number of aliphatic hydroxyl groups is 1. The first-order valence-electron chi connectivity index (χ1n) is 12.1. The van der Waals surface area contributed by atoms with Crippen LogP contribution in [0.4, 0.5) is 0 Å². The fourth-order valence-corrected chi connectivity index (χ4v) is 6.17. The summed E-state index contributed by atoms with van der Waals surface area (Å²) < 4.78 is 19.3. The van der Waals surface area contributed by atoms with Crippen LogP contribution in [0.5, 0.6) is 0 Å². The monoisotopic (exact) mass is 612 g/mol. The Hall–Kier alpha value is -1.86. The Morgan fingerprint density at radius 1 is 1.33 bits per heavy atom. The summed E-state index contributed by atoms with van der Waals surface area (Å²) in [6.07, 6.45) is 8.99. The number of carbonyl (C=O) groups is 3. The van der Waals surface area contributed by atoms with E-state index in [1.807, 2.05) is 19.9 Å². The van der Waals surface area contributed by atoms with Crippen molar-refractivity contribution in [2.45, 2.75) is 57.3 Å². The predicted molar refractivity (Wildman–Crippen MR) is 140 cm³/mol. The van der Waals surface area contributed by atoms with Crippen LogP contribution in [0.2, 0.25) is 0 Å². The lowest BCUT2D eigenvalue weighted by Crippen LogP contribution is -2.62. The van der Waals surface area contributed by atoms with Crippen LogP contribution in [-0.2, 0) is 28.6 Å². The molecule has 2 bridgehead atoms. The SMILES string of the molecule is CC(/C=C/C(O)=C1C(=O)NC(C(C)C(=O)CN)C1=O)=C\C(C)C1OC2(C)OC(C=CC23CO3)C1CI. The Morgan fingerprint density at radius 2 is 2.03 bits per heavy atom. The average Bonchev–Trinajstić information content (AvgIpc) is 3.58. The molecule has 0 saturated carbocycles. The van der Waals surface area contributed by atoms with E-state index in [-0.39, 0.29) is 41.9 Å². The molecule has 10 heteroatoms. The van der Waals surface area contributed by atoms with Gasteiger partial charge in [0.1, 0.15) is 17.4 Å².